The van der Waals surface area contributed by atoms with Crippen LogP contribution in [0.1, 0.15) is 30.1 Å². The van der Waals surface area contributed by atoms with E-state index in [0.29, 0.717) is 23.3 Å². The topological polar surface area (TPSA) is 124 Å². The van der Waals surface area contributed by atoms with Crippen LogP contribution < -0.4 is 0 Å². The Hall–Kier alpha value is -4.33. The number of aromatic hydroxyl groups is 3. The fourth-order valence-corrected chi connectivity index (χ4v) is 3.98. The van der Waals surface area contributed by atoms with Crippen molar-refractivity contribution in [2.45, 2.75) is 19.8 Å². The highest BCUT2D eigenvalue weighted by atomic mass is 16.3. The van der Waals surface area contributed by atoms with Crippen LogP contribution in [-0.2, 0) is 0 Å². The molecule has 0 fully saturated rings. The molecule has 4 N–H and O–H groups in total. The average Bonchev–Trinajstić information content (AvgIpc) is 3.36. The Morgan fingerprint density at radius 3 is 2.75 bits per heavy atom. The summed E-state index contributed by atoms with van der Waals surface area (Å²) in [5.74, 6) is -1.27. The molecule has 0 aliphatic carbocycles. The number of Topliss-reactive ketones (excluding diaryl/α,β-unsaturated/α-hetero) is 1. The zero-order chi connectivity index (χ0) is 22.4. The SMILES string of the molecule is CCCC(=O)c1c(O)c(O)n(-c2ccc3nc[nH]c3c2)c1-c1ccc2cccc(O)c2n1. The summed E-state index contributed by atoms with van der Waals surface area (Å²) >= 11 is 0. The molecular formula is C24H20N4O4. The molecule has 0 unspecified atom stereocenters. The number of phenolic OH excluding ortho intramolecular Hbond substituents is 1. The van der Waals surface area contributed by atoms with Gasteiger partial charge in [-0.05, 0) is 36.8 Å². The lowest BCUT2D eigenvalue weighted by molar-refractivity contribution is 0.0979. The molecule has 0 saturated heterocycles. The quantitative estimate of drug-likeness (QED) is 0.302. The van der Waals surface area contributed by atoms with Crippen LogP contribution in [0.5, 0.6) is 17.4 Å². The van der Waals surface area contributed by atoms with E-state index in [0.717, 1.165) is 16.4 Å². The molecular weight excluding hydrogens is 408 g/mol. The lowest BCUT2D eigenvalue weighted by Gasteiger charge is -2.12. The van der Waals surface area contributed by atoms with E-state index in [1.165, 1.54) is 10.6 Å². The first-order valence-corrected chi connectivity index (χ1v) is 10.2. The molecule has 3 heterocycles. The highest BCUT2D eigenvalue weighted by molar-refractivity contribution is 6.06. The molecule has 0 radical (unpaired) electrons. The number of nitrogens with zero attached hydrogens (tertiary/aromatic N) is 3. The number of rotatable bonds is 5. The summed E-state index contributed by atoms with van der Waals surface area (Å²) in [5, 5.41) is 32.7. The molecule has 0 bridgehead atoms. The molecule has 0 aliphatic heterocycles. The van der Waals surface area contributed by atoms with Gasteiger partial charge in [-0.15, -0.1) is 0 Å². The van der Waals surface area contributed by atoms with Crippen molar-refractivity contribution in [3.63, 3.8) is 0 Å². The van der Waals surface area contributed by atoms with Crippen LogP contribution >= 0.6 is 0 Å². The number of H-pyrrole nitrogens is 1. The Morgan fingerprint density at radius 2 is 1.94 bits per heavy atom. The van der Waals surface area contributed by atoms with E-state index in [1.54, 1.807) is 42.7 Å². The van der Waals surface area contributed by atoms with Crippen LogP contribution in [-0.4, -0.2) is 40.6 Å². The number of hydrogen-bond acceptors (Lipinski definition) is 6. The van der Waals surface area contributed by atoms with E-state index < -0.39 is 11.6 Å². The van der Waals surface area contributed by atoms with Gasteiger partial charge in [-0.25, -0.2) is 9.97 Å². The van der Waals surface area contributed by atoms with Crippen molar-refractivity contribution in [2.75, 3.05) is 0 Å². The van der Waals surface area contributed by atoms with Crippen LogP contribution in [0.2, 0.25) is 0 Å². The zero-order valence-corrected chi connectivity index (χ0v) is 17.2. The van der Waals surface area contributed by atoms with Crippen molar-refractivity contribution in [1.29, 1.82) is 0 Å². The summed E-state index contributed by atoms with van der Waals surface area (Å²) in [5.41, 5.74) is 2.92. The zero-order valence-electron chi connectivity index (χ0n) is 17.2. The number of carbonyl (C=O) groups is 1. The minimum Gasteiger partial charge on any atom is -0.506 e. The number of hydrogen-bond donors (Lipinski definition) is 4. The fourth-order valence-electron chi connectivity index (χ4n) is 3.98. The van der Waals surface area contributed by atoms with Crippen molar-refractivity contribution in [1.82, 2.24) is 19.5 Å². The molecule has 5 aromatic rings. The highest BCUT2D eigenvalue weighted by Gasteiger charge is 2.29. The molecule has 0 aliphatic rings. The third kappa shape index (κ3) is 2.96. The summed E-state index contributed by atoms with van der Waals surface area (Å²) in [6.07, 6.45) is 2.34. The number of aromatic nitrogens is 4. The third-order valence-corrected chi connectivity index (χ3v) is 5.48. The number of fused-ring (bicyclic) bond motifs is 2. The highest BCUT2D eigenvalue weighted by Crippen LogP contribution is 2.44. The summed E-state index contributed by atoms with van der Waals surface area (Å²) in [6.45, 7) is 1.87. The van der Waals surface area contributed by atoms with E-state index in [-0.39, 0.29) is 29.2 Å². The van der Waals surface area contributed by atoms with Crippen LogP contribution in [0.15, 0.2) is 54.9 Å². The number of benzene rings is 2. The Balaban J connectivity index is 1.84. The van der Waals surface area contributed by atoms with Gasteiger partial charge in [0, 0.05) is 11.8 Å². The molecule has 2 aromatic carbocycles. The maximum Gasteiger partial charge on any atom is 0.240 e. The second-order valence-corrected chi connectivity index (χ2v) is 7.55. The predicted molar refractivity (Wildman–Crippen MR) is 120 cm³/mol. The van der Waals surface area contributed by atoms with Gasteiger partial charge in [-0.1, -0.05) is 25.1 Å². The number of aromatic amines is 1. The first-order chi connectivity index (χ1) is 15.5. The Bertz CT molecular complexity index is 1500. The maximum absolute atomic E-state index is 13.0. The van der Waals surface area contributed by atoms with Crippen molar-refractivity contribution in [3.8, 4) is 34.5 Å². The number of pyridine rings is 1. The molecule has 5 rings (SSSR count). The van der Waals surface area contributed by atoms with Gasteiger partial charge in [0.2, 0.25) is 5.88 Å². The molecule has 32 heavy (non-hydrogen) atoms. The van der Waals surface area contributed by atoms with Crippen molar-refractivity contribution < 1.29 is 20.1 Å². The number of para-hydroxylation sites is 1. The predicted octanol–water partition coefficient (Wildman–Crippen LogP) is 4.67. The number of carbonyl (C=O) groups excluding carboxylic acids is 1. The Morgan fingerprint density at radius 1 is 1.09 bits per heavy atom. The van der Waals surface area contributed by atoms with Crippen LogP contribution in [0.4, 0.5) is 0 Å². The van der Waals surface area contributed by atoms with E-state index in [9.17, 15) is 20.1 Å². The van der Waals surface area contributed by atoms with E-state index in [2.05, 4.69) is 15.0 Å². The molecule has 0 saturated carbocycles. The number of phenols is 1. The van der Waals surface area contributed by atoms with Gasteiger partial charge in [0.05, 0.1) is 40.0 Å². The molecule has 160 valence electrons. The van der Waals surface area contributed by atoms with Gasteiger partial charge < -0.3 is 20.3 Å². The number of nitrogens with one attached hydrogen (secondary N) is 1. The summed E-state index contributed by atoms with van der Waals surface area (Å²) in [7, 11) is 0. The molecule has 8 heteroatoms. The van der Waals surface area contributed by atoms with Crippen LogP contribution in [0.25, 0.3) is 39.0 Å². The lowest BCUT2D eigenvalue weighted by Crippen LogP contribution is -2.04. The summed E-state index contributed by atoms with van der Waals surface area (Å²) in [4.78, 5) is 24.8. The first-order valence-electron chi connectivity index (χ1n) is 10.2. The second-order valence-electron chi connectivity index (χ2n) is 7.55. The third-order valence-electron chi connectivity index (χ3n) is 5.48. The largest absolute Gasteiger partial charge is 0.506 e. The van der Waals surface area contributed by atoms with Crippen LogP contribution in [0, 0.1) is 0 Å². The van der Waals surface area contributed by atoms with Crippen LogP contribution in [0.3, 0.4) is 0 Å². The smallest absolute Gasteiger partial charge is 0.240 e. The standard InChI is InChI=1S/C24H20N4O4/c1-2-4-18(29)20-22(16-9-7-13-5-3-6-19(30)21(13)27-16)28(24(32)23(20)31)14-8-10-15-17(11-14)26-12-25-15/h3,5-12,30-32H,2,4H2,1H3,(H,25,26). The van der Waals surface area contributed by atoms with Crippen molar-refractivity contribution in [3.05, 3.63) is 60.4 Å². The molecule has 8 nitrogen and oxygen atoms in total. The van der Waals surface area contributed by atoms with E-state index >= 15 is 0 Å². The molecule has 0 amide bonds. The first kappa shape index (κ1) is 19.6. The second kappa shape index (κ2) is 7.42. The summed E-state index contributed by atoms with van der Waals surface area (Å²) in [6, 6.07) is 13.8. The van der Waals surface area contributed by atoms with Crippen molar-refractivity contribution in [2.24, 2.45) is 0 Å². The van der Waals surface area contributed by atoms with E-state index in [4.69, 9.17) is 0 Å². The number of ketones is 1. The molecule has 3 aromatic heterocycles. The normalized spacial score (nSPS) is 11.4. The van der Waals surface area contributed by atoms with Gasteiger partial charge >= 0.3 is 0 Å². The van der Waals surface area contributed by atoms with Gasteiger partial charge in [-0.2, -0.15) is 0 Å². The Kier molecular flexibility index (Phi) is 4.55. The van der Waals surface area contributed by atoms with E-state index in [1.807, 2.05) is 13.0 Å². The Labute approximate surface area is 182 Å². The van der Waals surface area contributed by atoms with Gasteiger partial charge in [0.15, 0.2) is 11.5 Å². The maximum atomic E-state index is 13.0. The lowest BCUT2D eigenvalue weighted by atomic mass is 10.0. The van der Waals surface area contributed by atoms with Gasteiger partial charge in [0.1, 0.15) is 11.3 Å². The number of imidazole rings is 1. The van der Waals surface area contributed by atoms with Gasteiger partial charge in [-0.3, -0.25) is 9.36 Å². The van der Waals surface area contributed by atoms with Gasteiger partial charge in [0.25, 0.3) is 0 Å². The fraction of sp³-hybridized carbons (Fsp3) is 0.125. The monoisotopic (exact) mass is 428 g/mol. The minimum absolute atomic E-state index is 0.00340. The summed E-state index contributed by atoms with van der Waals surface area (Å²) < 4.78 is 1.40. The van der Waals surface area contributed by atoms with Crippen molar-refractivity contribution >= 4 is 27.7 Å². The molecule has 0 spiro atoms. The average molecular weight is 428 g/mol. The minimum atomic E-state index is -0.498. The molecule has 0 atom stereocenters.